The molecule has 0 amide bonds. The molecule has 0 N–H and O–H groups in total. The van der Waals surface area contributed by atoms with Crippen molar-refractivity contribution in [2.45, 2.75) is 62.7 Å². The molecular formula is C31H33NO6S. The van der Waals surface area contributed by atoms with Crippen LogP contribution in [0.1, 0.15) is 61.1 Å². The van der Waals surface area contributed by atoms with Gasteiger partial charge in [-0.25, -0.2) is 0 Å². The van der Waals surface area contributed by atoms with Crippen LogP contribution in [0.4, 0.5) is 0 Å². The van der Waals surface area contributed by atoms with Gasteiger partial charge in [0.15, 0.2) is 23.1 Å². The van der Waals surface area contributed by atoms with Crippen molar-refractivity contribution in [2.24, 2.45) is 0 Å². The van der Waals surface area contributed by atoms with E-state index < -0.39 is 16.0 Å². The number of ether oxygens (including phenoxy) is 1. The van der Waals surface area contributed by atoms with Crippen LogP contribution in [0.2, 0.25) is 0 Å². The lowest BCUT2D eigenvalue weighted by Crippen LogP contribution is -2.37. The van der Waals surface area contributed by atoms with E-state index in [2.05, 4.69) is 11.5 Å². The fraction of sp³-hybridized carbons (Fsp3) is 0.355. The van der Waals surface area contributed by atoms with E-state index in [9.17, 15) is 18.0 Å². The number of aryl methyl sites for hydroxylation is 1. The fourth-order valence-corrected chi connectivity index (χ4v) is 6.93. The average molecular weight is 548 g/mol. The first kappa shape index (κ1) is 26.9. The van der Waals surface area contributed by atoms with E-state index in [1.807, 2.05) is 20.0 Å². The van der Waals surface area contributed by atoms with E-state index in [1.54, 1.807) is 24.3 Å². The van der Waals surface area contributed by atoms with E-state index in [0.29, 0.717) is 41.5 Å². The van der Waals surface area contributed by atoms with Crippen LogP contribution in [-0.4, -0.2) is 39.0 Å². The third-order valence-corrected chi connectivity index (χ3v) is 9.05. The van der Waals surface area contributed by atoms with Crippen LogP contribution >= 0.6 is 0 Å². The highest BCUT2D eigenvalue weighted by Gasteiger charge is 2.42. The predicted molar refractivity (Wildman–Crippen MR) is 148 cm³/mol. The summed E-state index contributed by atoms with van der Waals surface area (Å²) in [6.45, 7) is 5.72. The zero-order valence-electron chi connectivity index (χ0n) is 22.6. The molecule has 204 valence electrons. The van der Waals surface area contributed by atoms with E-state index in [0.717, 1.165) is 42.6 Å². The van der Waals surface area contributed by atoms with Gasteiger partial charge < -0.3 is 13.8 Å². The number of hydrogen-bond donors (Lipinski definition) is 0. The summed E-state index contributed by atoms with van der Waals surface area (Å²) in [5.41, 5.74) is 5.44. The molecule has 0 aromatic heterocycles. The summed E-state index contributed by atoms with van der Waals surface area (Å²) in [5, 5.41) is 0. The predicted octanol–water partition coefficient (Wildman–Crippen LogP) is 5.54. The minimum Gasteiger partial charge on any atom is -0.493 e. The van der Waals surface area contributed by atoms with Crippen LogP contribution in [0.5, 0.6) is 11.5 Å². The minimum absolute atomic E-state index is 0.0318. The molecule has 0 atom stereocenters. The Morgan fingerprint density at radius 2 is 1.56 bits per heavy atom. The van der Waals surface area contributed by atoms with Crippen molar-refractivity contribution in [3.05, 3.63) is 88.3 Å². The second-order valence-electron chi connectivity index (χ2n) is 10.3. The van der Waals surface area contributed by atoms with E-state index in [-0.39, 0.29) is 28.0 Å². The molecule has 3 aliphatic rings. The van der Waals surface area contributed by atoms with Gasteiger partial charge in [0.25, 0.3) is 0 Å². The van der Waals surface area contributed by atoms with Gasteiger partial charge in [-0.3, -0.25) is 9.59 Å². The zero-order valence-corrected chi connectivity index (χ0v) is 23.4. The highest BCUT2D eigenvalue weighted by Crippen LogP contribution is 2.50. The van der Waals surface area contributed by atoms with Gasteiger partial charge in [-0.05, 0) is 62.8 Å². The van der Waals surface area contributed by atoms with Crippen molar-refractivity contribution < 1.29 is 26.9 Å². The number of nitrogens with zero attached hydrogens (tertiary/aromatic N) is 1. The summed E-state index contributed by atoms with van der Waals surface area (Å²) in [7, 11) is -0.751. The summed E-state index contributed by atoms with van der Waals surface area (Å²) in [4.78, 5) is 28.8. The van der Waals surface area contributed by atoms with Crippen molar-refractivity contribution >= 4 is 21.7 Å². The number of carbonyl (C=O) groups is 2. The number of rotatable bonds is 7. The Morgan fingerprint density at radius 1 is 0.974 bits per heavy atom. The van der Waals surface area contributed by atoms with Crippen LogP contribution in [0.25, 0.3) is 0 Å². The molecule has 0 saturated carbocycles. The van der Waals surface area contributed by atoms with Crippen LogP contribution in [-0.2, 0) is 26.1 Å². The minimum atomic E-state index is -4.15. The Kier molecular flexibility index (Phi) is 7.25. The van der Waals surface area contributed by atoms with E-state index >= 15 is 0 Å². The van der Waals surface area contributed by atoms with Gasteiger partial charge in [0.05, 0.1) is 7.11 Å². The standard InChI is InChI=1S/C31H33NO6S/c1-5-8-20-17-21(18-27(37-4)31(20)38-39(35,36)22-15-13-19(2)14-16-22)28-29-23(9-6-11-25(29)33)32(3)24-10-7-12-26(34)30(24)28/h5,13-18,28H,1,6-12H2,2-4H3. The molecule has 8 heteroatoms. The number of methoxy groups -OCH3 is 1. The smallest absolute Gasteiger partial charge is 0.339 e. The molecule has 1 heterocycles. The third kappa shape index (κ3) is 4.82. The second-order valence-corrected chi connectivity index (χ2v) is 11.9. The highest BCUT2D eigenvalue weighted by atomic mass is 32.2. The molecule has 39 heavy (non-hydrogen) atoms. The maximum absolute atomic E-state index is 13.4. The van der Waals surface area contributed by atoms with E-state index in [1.165, 1.54) is 19.2 Å². The molecule has 2 aromatic carbocycles. The third-order valence-electron chi connectivity index (χ3n) is 7.82. The molecule has 5 rings (SSSR count). The number of carbonyl (C=O) groups excluding carboxylic acids is 2. The lowest BCUT2D eigenvalue weighted by atomic mass is 9.71. The largest absolute Gasteiger partial charge is 0.493 e. The van der Waals surface area contributed by atoms with Gasteiger partial charge in [-0.15, -0.1) is 6.58 Å². The Bertz CT molecular complexity index is 1490. The quantitative estimate of drug-likeness (QED) is 0.332. The molecule has 7 nitrogen and oxygen atoms in total. The first-order valence-electron chi connectivity index (χ1n) is 13.2. The monoisotopic (exact) mass is 547 g/mol. The Morgan fingerprint density at radius 3 is 2.10 bits per heavy atom. The average Bonchev–Trinajstić information content (AvgIpc) is 2.91. The second kappa shape index (κ2) is 10.5. The van der Waals surface area contributed by atoms with Crippen LogP contribution in [0, 0.1) is 6.92 Å². The Labute approximate surface area is 229 Å². The maximum Gasteiger partial charge on any atom is 0.339 e. The molecule has 0 fully saturated rings. The maximum atomic E-state index is 13.4. The number of Topliss-reactive ketones (excluding diaryl/α,β-unsaturated/α-hetero) is 2. The highest BCUT2D eigenvalue weighted by molar-refractivity contribution is 7.87. The molecule has 1 aliphatic heterocycles. The summed E-state index contributed by atoms with van der Waals surface area (Å²) in [6.07, 6.45) is 5.93. The van der Waals surface area contributed by atoms with Gasteiger partial charge in [0.2, 0.25) is 0 Å². The Hall–Kier alpha value is -3.65. The number of benzene rings is 2. The van der Waals surface area contributed by atoms with Crippen molar-refractivity contribution in [1.29, 1.82) is 0 Å². The lowest BCUT2D eigenvalue weighted by Gasteiger charge is -2.42. The van der Waals surface area contributed by atoms with E-state index in [4.69, 9.17) is 8.92 Å². The summed E-state index contributed by atoms with van der Waals surface area (Å²) >= 11 is 0. The van der Waals surface area contributed by atoms with Gasteiger partial charge in [-0.2, -0.15) is 8.42 Å². The number of hydrogen-bond acceptors (Lipinski definition) is 7. The lowest BCUT2D eigenvalue weighted by molar-refractivity contribution is -0.117. The normalized spacial score (nSPS) is 18.2. The molecule has 2 aromatic rings. The molecule has 0 unspecified atom stereocenters. The zero-order chi connectivity index (χ0) is 27.9. The van der Waals surface area contributed by atoms with Crippen molar-refractivity contribution in [3.8, 4) is 11.5 Å². The van der Waals surface area contributed by atoms with Crippen LogP contribution < -0.4 is 8.92 Å². The number of allylic oxidation sites excluding steroid dienone is 5. The number of ketones is 2. The first-order chi connectivity index (χ1) is 18.7. The van der Waals surface area contributed by atoms with Crippen LogP contribution in [0.3, 0.4) is 0 Å². The molecule has 0 bridgehead atoms. The van der Waals surface area contributed by atoms with Crippen LogP contribution in [0.15, 0.2) is 76.5 Å². The van der Waals surface area contributed by atoms with Gasteiger partial charge in [-0.1, -0.05) is 29.8 Å². The summed E-state index contributed by atoms with van der Waals surface area (Å²) < 4.78 is 37.8. The fourth-order valence-electron chi connectivity index (χ4n) is 5.95. The van der Waals surface area contributed by atoms with Gasteiger partial charge in [0, 0.05) is 53.9 Å². The molecule has 0 radical (unpaired) electrons. The molecule has 0 spiro atoms. The van der Waals surface area contributed by atoms with Crippen molar-refractivity contribution in [1.82, 2.24) is 4.90 Å². The molecular weight excluding hydrogens is 514 g/mol. The van der Waals surface area contributed by atoms with Gasteiger partial charge in [0.1, 0.15) is 4.90 Å². The topological polar surface area (TPSA) is 90.0 Å². The Balaban J connectivity index is 1.68. The SMILES string of the molecule is C=CCc1cc(C2C3=C(CCCC3=O)N(C)C3=C2C(=O)CCC3)cc(OC)c1OS(=O)(=O)c1ccc(C)cc1. The van der Waals surface area contributed by atoms with Gasteiger partial charge >= 0.3 is 10.1 Å². The molecule has 2 aliphatic carbocycles. The summed E-state index contributed by atoms with van der Waals surface area (Å²) in [6, 6.07) is 9.96. The first-order valence-corrected chi connectivity index (χ1v) is 14.7. The molecule has 0 saturated heterocycles. The van der Waals surface area contributed by atoms with Crippen molar-refractivity contribution in [2.75, 3.05) is 14.2 Å². The summed E-state index contributed by atoms with van der Waals surface area (Å²) in [5.74, 6) is -0.154. The van der Waals surface area contributed by atoms with Crippen molar-refractivity contribution in [3.63, 3.8) is 0 Å².